The van der Waals surface area contributed by atoms with Gasteiger partial charge in [0.1, 0.15) is 0 Å². The first-order valence-corrected chi connectivity index (χ1v) is 5.43. The second-order valence-electron chi connectivity index (χ2n) is 3.94. The molecule has 1 saturated carbocycles. The zero-order valence-corrected chi connectivity index (χ0v) is 8.70. The van der Waals surface area contributed by atoms with Crippen LogP contribution in [-0.2, 0) is 6.54 Å². The molecule has 2 amide bonds. The molecule has 0 unspecified atom stereocenters. The molecule has 0 bridgehead atoms. The molecule has 3 heteroatoms. The molecule has 1 aliphatic rings. The molecular weight excluding hydrogens is 188 g/mol. The van der Waals surface area contributed by atoms with E-state index < -0.39 is 0 Å². The Bertz CT molecular complexity index is 320. The fourth-order valence-electron chi connectivity index (χ4n) is 1.57. The van der Waals surface area contributed by atoms with E-state index in [4.69, 9.17) is 0 Å². The van der Waals surface area contributed by atoms with Gasteiger partial charge in [0.25, 0.3) is 0 Å². The second-order valence-corrected chi connectivity index (χ2v) is 3.94. The van der Waals surface area contributed by atoms with E-state index in [2.05, 4.69) is 10.6 Å². The summed E-state index contributed by atoms with van der Waals surface area (Å²) in [6, 6.07) is 10.3. The number of carbonyl (C=O) groups is 1. The molecular formula is C12H16N2O. The number of rotatable bonds is 3. The van der Waals surface area contributed by atoms with Crippen molar-refractivity contribution >= 4 is 6.03 Å². The predicted octanol–water partition coefficient (Wildman–Crippen LogP) is 2.04. The van der Waals surface area contributed by atoms with Crippen LogP contribution in [-0.4, -0.2) is 12.1 Å². The molecule has 0 aromatic heterocycles. The maximum atomic E-state index is 11.4. The molecule has 0 radical (unpaired) electrons. The van der Waals surface area contributed by atoms with Crippen LogP contribution >= 0.6 is 0 Å². The summed E-state index contributed by atoms with van der Waals surface area (Å²) >= 11 is 0. The zero-order valence-electron chi connectivity index (χ0n) is 8.70. The molecule has 80 valence electrons. The average molecular weight is 204 g/mol. The van der Waals surface area contributed by atoms with Crippen molar-refractivity contribution in [3.63, 3.8) is 0 Å². The van der Waals surface area contributed by atoms with Gasteiger partial charge in [0, 0.05) is 12.6 Å². The van der Waals surface area contributed by atoms with Crippen LogP contribution < -0.4 is 10.6 Å². The van der Waals surface area contributed by atoms with Crippen molar-refractivity contribution in [1.29, 1.82) is 0 Å². The average Bonchev–Trinajstić information content (AvgIpc) is 2.22. The van der Waals surface area contributed by atoms with E-state index in [1.165, 1.54) is 6.42 Å². The molecule has 0 saturated heterocycles. The Morgan fingerprint density at radius 3 is 2.60 bits per heavy atom. The molecule has 1 aromatic rings. The van der Waals surface area contributed by atoms with Gasteiger partial charge in [-0.25, -0.2) is 4.79 Å². The van der Waals surface area contributed by atoms with Crippen molar-refractivity contribution in [2.45, 2.75) is 31.8 Å². The van der Waals surface area contributed by atoms with Crippen molar-refractivity contribution in [1.82, 2.24) is 10.6 Å². The van der Waals surface area contributed by atoms with Crippen molar-refractivity contribution in [2.24, 2.45) is 0 Å². The van der Waals surface area contributed by atoms with Crippen LogP contribution in [0.25, 0.3) is 0 Å². The molecule has 1 fully saturated rings. The molecule has 0 heterocycles. The summed E-state index contributed by atoms with van der Waals surface area (Å²) in [5.74, 6) is 0. The van der Waals surface area contributed by atoms with Gasteiger partial charge in [0.15, 0.2) is 0 Å². The van der Waals surface area contributed by atoms with Gasteiger partial charge in [0.2, 0.25) is 0 Å². The smallest absolute Gasteiger partial charge is 0.315 e. The number of amides is 2. The van der Waals surface area contributed by atoms with Crippen LogP contribution in [0.4, 0.5) is 4.79 Å². The topological polar surface area (TPSA) is 41.1 Å². The van der Waals surface area contributed by atoms with E-state index in [1.807, 2.05) is 30.3 Å². The number of nitrogens with one attached hydrogen (secondary N) is 2. The highest BCUT2D eigenvalue weighted by Crippen LogP contribution is 2.17. The lowest BCUT2D eigenvalue weighted by Gasteiger charge is -2.26. The highest BCUT2D eigenvalue weighted by molar-refractivity contribution is 5.74. The number of benzene rings is 1. The van der Waals surface area contributed by atoms with Gasteiger partial charge < -0.3 is 10.6 Å². The highest BCUT2D eigenvalue weighted by Gasteiger charge is 2.18. The van der Waals surface area contributed by atoms with E-state index in [9.17, 15) is 4.79 Å². The van der Waals surface area contributed by atoms with E-state index in [0.717, 1.165) is 18.4 Å². The first kappa shape index (κ1) is 10.0. The lowest BCUT2D eigenvalue weighted by molar-refractivity contribution is 0.228. The Morgan fingerprint density at radius 1 is 1.27 bits per heavy atom. The number of hydrogen-bond donors (Lipinski definition) is 2. The monoisotopic (exact) mass is 204 g/mol. The molecule has 1 aromatic carbocycles. The third-order valence-electron chi connectivity index (χ3n) is 2.74. The van der Waals surface area contributed by atoms with Crippen molar-refractivity contribution in [3.05, 3.63) is 35.9 Å². The summed E-state index contributed by atoms with van der Waals surface area (Å²) in [6.07, 6.45) is 3.49. The molecule has 0 spiro atoms. The van der Waals surface area contributed by atoms with Crippen LogP contribution in [0.1, 0.15) is 24.8 Å². The van der Waals surface area contributed by atoms with E-state index >= 15 is 0 Å². The number of urea groups is 1. The minimum absolute atomic E-state index is 0.0523. The van der Waals surface area contributed by atoms with Crippen molar-refractivity contribution in [3.8, 4) is 0 Å². The lowest BCUT2D eigenvalue weighted by atomic mass is 9.93. The highest BCUT2D eigenvalue weighted by atomic mass is 16.2. The maximum absolute atomic E-state index is 11.4. The SMILES string of the molecule is O=C(NCc1ccccc1)NC1CCC1. The van der Waals surface area contributed by atoms with Crippen molar-refractivity contribution < 1.29 is 4.79 Å². The largest absolute Gasteiger partial charge is 0.335 e. The normalized spacial score (nSPS) is 15.5. The van der Waals surface area contributed by atoms with Crippen LogP contribution in [0.2, 0.25) is 0 Å². The molecule has 0 aliphatic heterocycles. The van der Waals surface area contributed by atoms with Gasteiger partial charge in [-0.05, 0) is 24.8 Å². The van der Waals surface area contributed by atoms with Crippen LogP contribution in [0, 0.1) is 0 Å². The Morgan fingerprint density at radius 2 is 2.00 bits per heavy atom. The number of hydrogen-bond acceptors (Lipinski definition) is 1. The fraction of sp³-hybridized carbons (Fsp3) is 0.417. The summed E-state index contributed by atoms with van der Waals surface area (Å²) in [5, 5.41) is 5.78. The third kappa shape index (κ3) is 2.98. The van der Waals surface area contributed by atoms with Crippen molar-refractivity contribution in [2.75, 3.05) is 0 Å². The van der Waals surface area contributed by atoms with Crippen LogP contribution in [0.15, 0.2) is 30.3 Å². The fourth-order valence-corrected chi connectivity index (χ4v) is 1.57. The molecule has 1 aliphatic carbocycles. The molecule has 0 atom stereocenters. The van der Waals surface area contributed by atoms with Gasteiger partial charge in [-0.15, -0.1) is 0 Å². The Hall–Kier alpha value is -1.51. The van der Waals surface area contributed by atoms with Gasteiger partial charge in [-0.2, -0.15) is 0 Å². The number of carbonyl (C=O) groups excluding carboxylic acids is 1. The Kier molecular flexibility index (Phi) is 3.22. The summed E-state index contributed by atoms with van der Waals surface area (Å²) in [5.41, 5.74) is 1.13. The Balaban J connectivity index is 1.71. The Labute approximate surface area is 89.9 Å². The molecule has 15 heavy (non-hydrogen) atoms. The quantitative estimate of drug-likeness (QED) is 0.777. The summed E-state index contributed by atoms with van der Waals surface area (Å²) in [4.78, 5) is 11.4. The summed E-state index contributed by atoms with van der Waals surface area (Å²) < 4.78 is 0. The van der Waals surface area contributed by atoms with E-state index in [-0.39, 0.29) is 6.03 Å². The van der Waals surface area contributed by atoms with Gasteiger partial charge in [-0.1, -0.05) is 30.3 Å². The molecule has 3 nitrogen and oxygen atoms in total. The van der Waals surface area contributed by atoms with E-state index in [0.29, 0.717) is 12.6 Å². The zero-order chi connectivity index (χ0) is 10.5. The maximum Gasteiger partial charge on any atom is 0.315 e. The third-order valence-corrected chi connectivity index (χ3v) is 2.74. The standard InChI is InChI=1S/C12H16N2O/c15-12(14-11-7-4-8-11)13-9-10-5-2-1-3-6-10/h1-3,5-6,11H,4,7-9H2,(H2,13,14,15). The second kappa shape index (κ2) is 4.82. The minimum atomic E-state index is -0.0523. The lowest BCUT2D eigenvalue weighted by Crippen LogP contribution is -2.44. The van der Waals surface area contributed by atoms with Gasteiger partial charge in [0.05, 0.1) is 0 Å². The summed E-state index contributed by atoms with van der Waals surface area (Å²) in [7, 11) is 0. The molecule has 2 N–H and O–H groups in total. The first-order chi connectivity index (χ1) is 7.34. The van der Waals surface area contributed by atoms with Crippen LogP contribution in [0.3, 0.4) is 0 Å². The van der Waals surface area contributed by atoms with Gasteiger partial charge >= 0.3 is 6.03 Å². The van der Waals surface area contributed by atoms with E-state index in [1.54, 1.807) is 0 Å². The minimum Gasteiger partial charge on any atom is -0.335 e. The summed E-state index contributed by atoms with van der Waals surface area (Å²) in [6.45, 7) is 0.597. The predicted molar refractivity (Wildman–Crippen MR) is 59.5 cm³/mol. The van der Waals surface area contributed by atoms with Gasteiger partial charge in [-0.3, -0.25) is 0 Å². The molecule has 2 rings (SSSR count). The van der Waals surface area contributed by atoms with Crippen LogP contribution in [0.5, 0.6) is 0 Å². The first-order valence-electron chi connectivity index (χ1n) is 5.43.